The van der Waals surface area contributed by atoms with E-state index in [1.807, 2.05) is 0 Å². The Bertz CT molecular complexity index is 799. The quantitative estimate of drug-likeness (QED) is 0.622. The van der Waals surface area contributed by atoms with E-state index in [4.69, 9.17) is 0 Å². The van der Waals surface area contributed by atoms with Gasteiger partial charge in [0.25, 0.3) is 0 Å². The maximum absolute atomic E-state index is 13.5. The number of halogens is 3. The van der Waals surface area contributed by atoms with Crippen LogP contribution in [0.3, 0.4) is 0 Å². The van der Waals surface area contributed by atoms with Crippen LogP contribution in [0.2, 0.25) is 0 Å². The zero-order valence-electron chi connectivity index (χ0n) is 13.1. The molecule has 0 bridgehead atoms. The Hall–Kier alpha value is -2.48. The molecule has 8 heteroatoms. The summed E-state index contributed by atoms with van der Waals surface area (Å²) in [4.78, 5) is 23.2. The summed E-state index contributed by atoms with van der Waals surface area (Å²) in [6.07, 6.45) is 0. The average molecular weight is 369 g/mol. The number of nitrogens with one attached hydrogen (secondary N) is 1. The summed E-state index contributed by atoms with van der Waals surface area (Å²) in [6, 6.07) is 8.42. The van der Waals surface area contributed by atoms with E-state index in [0.717, 1.165) is 17.7 Å². The van der Waals surface area contributed by atoms with Gasteiger partial charge >= 0.3 is 5.97 Å². The Morgan fingerprint density at radius 2 is 1.88 bits per heavy atom. The van der Waals surface area contributed by atoms with Gasteiger partial charge in [0.1, 0.15) is 0 Å². The summed E-state index contributed by atoms with van der Waals surface area (Å²) in [5, 5.41) is 2.19. The van der Waals surface area contributed by atoms with E-state index in [1.165, 1.54) is 18.9 Å². The minimum Gasteiger partial charge on any atom is -0.465 e. The van der Waals surface area contributed by atoms with Crippen molar-refractivity contribution in [3.8, 4) is 0 Å². The van der Waals surface area contributed by atoms with Crippen LogP contribution in [-0.2, 0) is 15.3 Å². The molecule has 25 heavy (non-hydrogen) atoms. The first-order chi connectivity index (χ1) is 11.9. The number of anilines is 1. The van der Waals surface area contributed by atoms with E-state index in [9.17, 15) is 22.8 Å². The molecule has 1 N–H and O–H groups in total. The van der Waals surface area contributed by atoms with E-state index >= 15 is 0 Å². The van der Waals surface area contributed by atoms with Crippen LogP contribution in [0, 0.1) is 17.5 Å². The highest BCUT2D eigenvalue weighted by molar-refractivity contribution is 7.99. The van der Waals surface area contributed by atoms with E-state index in [-0.39, 0.29) is 5.75 Å². The largest absolute Gasteiger partial charge is 0.465 e. The molecule has 0 aromatic heterocycles. The average Bonchev–Trinajstić information content (AvgIpc) is 2.62. The first kappa shape index (κ1) is 18.9. The summed E-state index contributed by atoms with van der Waals surface area (Å²) in [6.45, 7) is 0. The smallest absolute Gasteiger partial charge is 0.337 e. The van der Waals surface area contributed by atoms with Gasteiger partial charge in [-0.05, 0) is 29.8 Å². The number of hydrogen-bond donors (Lipinski definition) is 1. The summed E-state index contributed by atoms with van der Waals surface area (Å²) in [5.41, 5.74) is 0.783. The Morgan fingerprint density at radius 1 is 1.12 bits per heavy atom. The van der Waals surface area contributed by atoms with E-state index in [0.29, 0.717) is 11.3 Å². The van der Waals surface area contributed by atoms with Crippen LogP contribution in [0.4, 0.5) is 18.9 Å². The van der Waals surface area contributed by atoms with Crippen molar-refractivity contribution < 1.29 is 27.5 Å². The van der Waals surface area contributed by atoms with Crippen LogP contribution >= 0.6 is 11.8 Å². The lowest BCUT2D eigenvalue weighted by Crippen LogP contribution is -2.16. The number of carbonyl (C=O) groups excluding carboxylic acids is 2. The molecule has 0 aliphatic rings. The maximum Gasteiger partial charge on any atom is 0.337 e. The first-order valence-corrected chi connectivity index (χ1v) is 8.26. The van der Waals surface area contributed by atoms with Crippen LogP contribution in [-0.4, -0.2) is 24.7 Å². The minimum absolute atomic E-state index is 0.0269. The SMILES string of the molecule is COC(=O)c1cccc(CSCC(=O)Nc2ccc(F)c(F)c2F)c1. The molecule has 0 unspecified atom stereocenters. The molecule has 2 rings (SSSR count). The number of carbonyl (C=O) groups is 2. The molecule has 2 aromatic carbocycles. The van der Waals surface area contributed by atoms with Gasteiger partial charge in [-0.3, -0.25) is 4.79 Å². The van der Waals surface area contributed by atoms with Crippen LogP contribution in [0.1, 0.15) is 15.9 Å². The summed E-state index contributed by atoms with van der Waals surface area (Å²) in [7, 11) is 1.28. The van der Waals surface area contributed by atoms with E-state index in [2.05, 4.69) is 10.1 Å². The second-order valence-corrected chi connectivity index (χ2v) is 5.94. The standard InChI is InChI=1S/C17H14F3NO3S/c1-24-17(23)11-4-2-3-10(7-11)8-25-9-14(22)21-13-6-5-12(18)15(19)16(13)20/h2-7H,8-9H2,1H3,(H,21,22). The van der Waals surface area contributed by atoms with Crippen molar-refractivity contribution >= 4 is 29.3 Å². The third kappa shape index (κ3) is 4.99. The number of rotatable bonds is 6. The summed E-state index contributed by atoms with van der Waals surface area (Å²) in [5.74, 6) is -5.01. The van der Waals surface area contributed by atoms with Crippen LogP contribution in [0.15, 0.2) is 36.4 Å². The van der Waals surface area contributed by atoms with Crippen LogP contribution in [0.25, 0.3) is 0 Å². The predicted octanol–water partition coefficient (Wildman–Crippen LogP) is 3.76. The first-order valence-electron chi connectivity index (χ1n) is 7.10. The van der Waals surface area contributed by atoms with Crippen molar-refractivity contribution in [1.82, 2.24) is 0 Å². The third-order valence-corrected chi connectivity index (χ3v) is 4.16. The summed E-state index contributed by atoms with van der Waals surface area (Å²) >= 11 is 1.22. The van der Waals surface area contributed by atoms with E-state index < -0.39 is 35.0 Å². The van der Waals surface area contributed by atoms with Gasteiger partial charge < -0.3 is 10.1 Å². The fourth-order valence-electron chi connectivity index (χ4n) is 1.98. The fraction of sp³-hybridized carbons (Fsp3) is 0.176. The van der Waals surface area contributed by atoms with Gasteiger partial charge in [0, 0.05) is 5.75 Å². The molecule has 1 amide bonds. The number of benzene rings is 2. The second kappa shape index (κ2) is 8.57. The molecule has 0 heterocycles. The molecule has 2 aromatic rings. The van der Waals surface area contributed by atoms with Crippen molar-refractivity contribution in [2.24, 2.45) is 0 Å². The van der Waals surface area contributed by atoms with Crippen molar-refractivity contribution in [1.29, 1.82) is 0 Å². The van der Waals surface area contributed by atoms with Crippen molar-refractivity contribution in [2.75, 3.05) is 18.2 Å². The lowest BCUT2D eigenvalue weighted by Gasteiger charge is -2.08. The second-order valence-electron chi connectivity index (χ2n) is 4.96. The lowest BCUT2D eigenvalue weighted by atomic mass is 10.1. The molecule has 0 aliphatic carbocycles. The molecule has 0 spiro atoms. The zero-order chi connectivity index (χ0) is 18.4. The Balaban J connectivity index is 1.89. The highest BCUT2D eigenvalue weighted by Crippen LogP contribution is 2.20. The van der Waals surface area contributed by atoms with Gasteiger partial charge in [0.2, 0.25) is 5.91 Å². The number of hydrogen-bond acceptors (Lipinski definition) is 4. The topological polar surface area (TPSA) is 55.4 Å². The number of ether oxygens (including phenoxy) is 1. The van der Waals surface area contributed by atoms with Gasteiger partial charge in [0.05, 0.1) is 24.1 Å². The monoisotopic (exact) mass is 369 g/mol. The van der Waals surface area contributed by atoms with Crippen LogP contribution in [0.5, 0.6) is 0 Å². The maximum atomic E-state index is 13.5. The number of amides is 1. The predicted molar refractivity (Wildman–Crippen MR) is 88.9 cm³/mol. The van der Waals surface area contributed by atoms with Gasteiger partial charge in [-0.2, -0.15) is 0 Å². The minimum atomic E-state index is -1.63. The molecule has 132 valence electrons. The van der Waals surface area contributed by atoms with Crippen molar-refractivity contribution in [3.63, 3.8) is 0 Å². The van der Waals surface area contributed by atoms with Gasteiger partial charge in [-0.1, -0.05) is 12.1 Å². The van der Waals surface area contributed by atoms with Crippen LogP contribution < -0.4 is 5.32 Å². The molecular weight excluding hydrogens is 355 g/mol. The highest BCUT2D eigenvalue weighted by Gasteiger charge is 2.15. The molecule has 0 saturated carbocycles. The molecule has 0 radical (unpaired) electrons. The number of esters is 1. The molecule has 0 fully saturated rings. The van der Waals surface area contributed by atoms with Gasteiger partial charge in [-0.25, -0.2) is 18.0 Å². The molecule has 0 saturated heterocycles. The highest BCUT2D eigenvalue weighted by atomic mass is 32.2. The van der Waals surface area contributed by atoms with E-state index in [1.54, 1.807) is 24.3 Å². The molecule has 4 nitrogen and oxygen atoms in total. The van der Waals surface area contributed by atoms with Crippen molar-refractivity contribution in [2.45, 2.75) is 5.75 Å². The molecular formula is C17H14F3NO3S. The summed E-state index contributed by atoms with van der Waals surface area (Å²) < 4.78 is 44.1. The number of methoxy groups -OCH3 is 1. The number of thioether (sulfide) groups is 1. The molecule has 0 atom stereocenters. The van der Waals surface area contributed by atoms with Gasteiger partial charge in [-0.15, -0.1) is 11.8 Å². The normalized spacial score (nSPS) is 10.4. The fourth-order valence-corrected chi connectivity index (χ4v) is 2.75. The molecule has 0 aliphatic heterocycles. The van der Waals surface area contributed by atoms with Crippen molar-refractivity contribution in [3.05, 3.63) is 65.0 Å². The van der Waals surface area contributed by atoms with Gasteiger partial charge in [0.15, 0.2) is 17.5 Å². The Kier molecular flexibility index (Phi) is 6.46. The Labute approximate surface area is 146 Å². The zero-order valence-corrected chi connectivity index (χ0v) is 14.0. The Morgan fingerprint density at radius 3 is 2.60 bits per heavy atom. The lowest BCUT2D eigenvalue weighted by molar-refractivity contribution is -0.113. The third-order valence-electron chi connectivity index (χ3n) is 3.16.